The van der Waals surface area contributed by atoms with Crippen molar-refractivity contribution in [2.45, 2.75) is 31.4 Å². The summed E-state index contributed by atoms with van der Waals surface area (Å²) in [4.78, 5) is 23.4. The van der Waals surface area contributed by atoms with E-state index in [0.29, 0.717) is 31.5 Å². The summed E-state index contributed by atoms with van der Waals surface area (Å²) in [5, 5.41) is 17.4. The minimum Gasteiger partial charge on any atom is -0.392 e. The number of fused-ring (bicyclic) bond motifs is 1. The third kappa shape index (κ3) is 2.88. The van der Waals surface area contributed by atoms with Crippen molar-refractivity contribution in [3.05, 3.63) is 23.5 Å². The minimum atomic E-state index is -0.562. The van der Waals surface area contributed by atoms with E-state index in [1.807, 2.05) is 0 Å². The highest BCUT2D eigenvalue weighted by atomic mass is 19.1. The highest BCUT2D eigenvalue weighted by Gasteiger charge is 2.28. The Balaban J connectivity index is 1.77. The van der Waals surface area contributed by atoms with Crippen LogP contribution in [0.25, 0.3) is 0 Å². The molecule has 2 unspecified atom stereocenters. The summed E-state index contributed by atoms with van der Waals surface area (Å²) < 4.78 is 14.0. The van der Waals surface area contributed by atoms with Gasteiger partial charge in [0.15, 0.2) is 0 Å². The highest BCUT2D eigenvalue weighted by molar-refractivity contribution is 5.98. The quantitative estimate of drug-likeness (QED) is 0.634. The predicted octanol–water partition coefficient (Wildman–Crippen LogP) is 0.372. The Kier molecular flexibility index (Phi) is 3.60. The van der Waals surface area contributed by atoms with Gasteiger partial charge in [-0.3, -0.25) is 9.59 Å². The van der Waals surface area contributed by atoms with Crippen molar-refractivity contribution in [2.75, 3.05) is 17.2 Å². The molecular formula is C14H16FN3O3. The third-order valence-electron chi connectivity index (χ3n) is 3.77. The van der Waals surface area contributed by atoms with Crippen LogP contribution >= 0.6 is 0 Å². The van der Waals surface area contributed by atoms with Crippen LogP contribution in [0.2, 0.25) is 0 Å². The summed E-state index contributed by atoms with van der Waals surface area (Å²) in [5.41, 5.74) is 1.28. The molecule has 2 aliphatic heterocycles. The van der Waals surface area contributed by atoms with Gasteiger partial charge in [-0.15, -0.1) is 0 Å². The Hall–Kier alpha value is -1.99. The number of β-amino-alcohol motifs (C(OH)–C–C–N with tert-alkyl or cyclic N) is 1. The molecule has 21 heavy (non-hydrogen) atoms. The first-order valence-electron chi connectivity index (χ1n) is 6.87. The van der Waals surface area contributed by atoms with Crippen molar-refractivity contribution in [3.63, 3.8) is 0 Å². The zero-order valence-corrected chi connectivity index (χ0v) is 11.3. The van der Waals surface area contributed by atoms with Crippen LogP contribution in [-0.2, 0) is 16.0 Å². The summed E-state index contributed by atoms with van der Waals surface area (Å²) in [6.07, 6.45) is 0.563. The zero-order chi connectivity index (χ0) is 15.0. The Morgan fingerprint density at radius 1 is 1.38 bits per heavy atom. The number of rotatable bonds is 2. The Morgan fingerprint density at radius 2 is 2.19 bits per heavy atom. The number of hydrogen-bond acceptors (Lipinski definition) is 4. The molecule has 2 atom stereocenters. The topological polar surface area (TPSA) is 90.5 Å². The van der Waals surface area contributed by atoms with Crippen LogP contribution in [0.3, 0.4) is 0 Å². The van der Waals surface area contributed by atoms with Crippen molar-refractivity contribution >= 4 is 23.2 Å². The summed E-state index contributed by atoms with van der Waals surface area (Å²) in [6, 6.07) is 2.23. The highest BCUT2D eigenvalue weighted by Crippen LogP contribution is 2.28. The summed E-state index contributed by atoms with van der Waals surface area (Å²) >= 11 is 0. The van der Waals surface area contributed by atoms with Gasteiger partial charge in [-0.05, 0) is 30.5 Å². The monoisotopic (exact) mass is 293 g/mol. The van der Waals surface area contributed by atoms with E-state index < -0.39 is 23.9 Å². The molecule has 2 heterocycles. The molecule has 1 fully saturated rings. The van der Waals surface area contributed by atoms with Crippen LogP contribution in [0.4, 0.5) is 15.8 Å². The van der Waals surface area contributed by atoms with Gasteiger partial charge in [0.2, 0.25) is 11.8 Å². The zero-order valence-electron chi connectivity index (χ0n) is 11.3. The number of aliphatic hydroxyl groups excluding tert-OH is 1. The maximum Gasteiger partial charge on any atom is 0.241 e. The van der Waals surface area contributed by atoms with Crippen LogP contribution in [0, 0.1) is 5.82 Å². The van der Waals surface area contributed by atoms with Gasteiger partial charge in [0.1, 0.15) is 5.82 Å². The van der Waals surface area contributed by atoms with Crippen molar-refractivity contribution in [2.24, 2.45) is 0 Å². The van der Waals surface area contributed by atoms with Gasteiger partial charge in [-0.2, -0.15) is 0 Å². The van der Waals surface area contributed by atoms with E-state index in [4.69, 9.17) is 0 Å². The molecule has 1 aromatic carbocycles. The molecule has 0 spiro atoms. The van der Waals surface area contributed by atoms with Crippen LogP contribution in [0.15, 0.2) is 12.1 Å². The molecule has 1 aromatic rings. The molecule has 2 aliphatic rings. The minimum absolute atomic E-state index is 0.0316. The van der Waals surface area contributed by atoms with Gasteiger partial charge in [0.05, 0.1) is 17.8 Å². The van der Waals surface area contributed by atoms with Crippen LogP contribution in [0.5, 0.6) is 0 Å². The molecule has 3 rings (SSSR count). The number of aryl methyl sites for hydroxylation is 1. The standard InChI is InChI=1S/C14H16FN3O3/c15-9-3-7-1-2-13(20)17-10(7)5-11(9)18-14(21)12-4-8(19)6-16-12/h3,5,8,12,16,19H,1-2,4,6H2,(H,17,20)(H,18,21). The Morgan fingerprint density at radius 3 is 2.90 bits per heavy atom. The molecule has 0 aromatic heterocycles. The average Bonchev–Trinajstić information content (AvgIpc) is 2.87. The number of aliphatic hydroxyl groups is 1. The number of carbonyl (C=O) groups excluding carboxylic acids is 2. The number of benzene rings is 1. The van der Waals surface area contributed by atoms with Gasteiger partial charge in [0.25, 0.3) is 0 Å². The van der Waals surface area contributed by atoms with Gasteiger partial charge in [0, 0.05) is 18.7 Å². The second-order valence-electron chi connectivity index (χ2n) is 5.38. The number of halogens is 1. The average molecular weight is 293 g/mol. The second-order valence-corrected chi connectivity index (χ2v) is 5.38. The van der Waals surface area contributed by atoms with Gasteiger partial charge in [-0.1, -0.05) is 0 Å². The van der Waals surface area contributed by atoms with Crippen molar-refractivity contribution in [1.82, 2.24) is 5.32 Å². The van der Waals surface area contributed by atoms with E-state index in [1.165, 1.54) is 12.1 Å². The lowest BCUT2D eigenvalue weighted by atomic mass is 10.0. The molecule has 112 valence electrons. The SMILES string of the molecule is O=C1CCc2cc(F)c(NC(=O)C3CC(O)CN3)cc2N1. The Labute approximate surface area is 120 Å². The number of amides is 2. The van der Waals surface area contributed by atoms with Gasteiger partial charge in [-0.25, -0.2) is 4.39 Å². The van der Waals surface area contributed by atoms with Crippen molar-refractivity contribution in [3.8, 4) is 0 Å². The maximum atomic E-state index is 14.0. The third-order valence-corrected chi connectivity index (χ3v) is 3.77. The van der Waals surface area contributed by atoms with Crippen molar-refractivity contribution in [1.29, 1.82) is 0 Å². The molecule has 7 heteroatoms. The Bertz CT molecular complexity index is 605. The first-order chi connectivity index (χ1) is 10.0. The van der Waals surface area contributed by atoms with E-state index >= 15 is 0 Å². The lowest BCUT2D eigenvalue weighted by Crippen LogP contribution is -2.35. The molecule has 6 nitrogen and oxygen atoms in total. The predicted molar refractivity (Wildman–Crippen MR) is 74.4 cm³/mol. The largest absolute Gasteiger partial charge is 0.392 e. The molecule has 2 amide bonds. The fourth-order valence-electron chi connectivity index (χ4n) is 2.63. The number of nitrogens with one attached hydrogen (secondary N) is 3. The molecule has 4 N–H and O–H groups in total. The number of hydrogen-bond donors (Lipinski definition) is 4. The van der Waals surface area contributed by atoms with E-state index in [0.717, 1.165) is 5.56 Å². The summed E-state index contributed by atoms with van der Waals surface area (Å²) in [7, 11) is 0. The van der Waals surface area contributed by atoms with E-state index in [9.17, 15) is 19.1 Å². The summed E-state index contributed by atoms with van der Waals surface area (Å²) in [5.74, 6) is -1.05. The van der Waals surface area contributed by atoms with Crippen molar-refractivity contribution < 1.29 is 19.1 Å². The fourth-order valence-corrected chi connectivity index (χ4v) is 2.63. The normalized spacial score (nSPS) is 24.4. The molecule has 0 radical (unpaired) electrons. The molecule has 0 aliphatic carbocycles. The summed E-state index contributed by atoms with van der Waals surface area (Å²) in [6.45, 7) is 0.348. The van der Waals surface area contributed by atoms with E-state index in [1.54, 1.807) is 0 Å². The number of carbonyl (C=O) groups is 2. The van der Waals surface area contributed by atoms with Crippen LogP contribution < -0.4 is 16.0 Å². The molecule has 0 saturated carbocycles. The molecule has 1 saturated heterocycles. The first-order valence-corrected chi connectivity index (χ1v) is 6.87. The fraction of sp³-hybridized carbons (Fsp3) is 0.429. The number of anilines is 2. The van der Waals surface area contributed by atoms with Crippen LogP contribution in [-0.4, -0.2) is 35.6 Å². The maximum absolute atomic E-state index is 14.0. The lowest BCUT2D eigenvalue weighted by molar-refractivity contribution is -0.118. The molecule has 0 bridgehead atoms. The second kappa shape index (κ2) is 5.42. The molecular weight excluding hydrogens is 277 g/mol. The smallest absolute Gasteiger partial charge is 0.241 e. The van der Waals surface area contributed by atoms with E-state index in [-0.39, 0.29) is 11.6 Å². The van der Waals surface area contributed by atoms with E-state index in [2.05, 4.69) is 16.0 Å². The van der Waals surface area contributed by atoms with Crippen LogP contribution in [0.1, 0.15) is 18.4 Å². The van der Waals surface area contributed by atoms with Gasteiger partial charge >= 0.3 is 0 Å². The lowest BCUT2D eigenvalue weighted by Gasteiger charge is -2.19. The van der Waals surface area contributed by atoms with Gasteiger partial charge < -0.3 is 21.1 Å². The first kappa shape index (κ1) is 14.0.